The van der Waals surface area contributed by atoms with E-state index >= 15 is 0 Å². The van der Waals surface area contributed by atoms with Crippen LogP contribution in [0.2, 0.25) is 5.02 Å². The van der Waals surface area contributed by atoms with E-state index in [1.807, 2.05) is 36.4 Å². The summed E-state index contributed by atoms with van der Waals surface area (Å²) in [4.78, 5) is 56.0. The van der Waals surface area contributed by atoms with Crippen molar-refractivity contribution >= 4 is 46.4 Å². The Morgan fingerprint density at radius 1 is 0.822 bits per heavy atom. The summed E-state index contributed by atoms with van der Waals surface area (Å²) < 4.78 is 0. The highest BCUT2D eigenvalue weighted by molar-refractivity contribution is 6.31. The summed E-state index contributed by atoms with van der Waals surface area (Å²) in [6.45, 7) is 4.20. The first-order chi connectivity index (χ1) is 21.7. The fourth-order valence-electron chi connectivity index (χ4n) is 8.39. The Bertz CT molecular complexity index is 1800. The molecule has 0 radical (unpaired) electrons. The molecule has 3 aromatic rings. The summed E-state index contributed by atoms with van der Waals surface area (Å²) in [5.74, 6) is -2.22. The van der Waals surface area contributed by atoms with Crippen molar-refractivity contribution in [2.75, 3.05) is 9.91 Å². The number of carbonyl (C=O) groups is 3. The number of rotatable bonds is 6. The van der Waals surface area contributed by atoms with Crippen molar-refractivity contribution in [3.63, 3.8) is 0 Å². The Hall–Kier alpha value is -4.64. The summed E-state index contributed by atoms with van der Waals surface area (Å²) in [7, 11) is 0. The van der Waals surface area contributed by atoms with Gasteiger partial charge in [-0.1, -0.05) is 61.0 Å². The smallest absolute Gasteiger partial charge is 0.269 e. The van der Waals surface area contributed by atoms with E-state index in [0.29, 0.717) is 34.3 Å². The van der Waals surface area contributed by atoms with Gasteiger partial charge in [0.25, 0.3) is 11.6 Å². The van der Waals surface area contributed by atoms with Crippen LogP contribution in [0.4, 0.5) is 17.1 Å². The molecular weight excluding hydrogens is 596 g/mol. The number of hydrogen-bond donors (Lipinski definition) is 0. The van der Waals surface area contributed by atoms with Gasteiger partial charge in [-0.05, 0) is 65.6 Å². The highest BCUT2D eigenvalue weighted by atomic mass is 35.5. The number of nitrogens with zero attached hydrogens (tertiary/aromatic N) is 6. The molecule has 0 spiro atoms. The molecule has 228 valence electrons. The number of carbonyl (C=O) groups excluding carboxylic acids is 3. The van der Waals surface area contributed by atoms with Crippen LogP contribution in [-0.2, 0) is 14.4 Å². The summed E-state index contributed by atoms with van der Waals surface area (Å²) in [6, 6.07) is 18.9. The number of imide groups is 1. The lowest BCUT2D eigenvalue weighted by atomic mass is 9.76. The largest absolute Gasteiger partial charge is 0.300 e. The van der Waals surface area contributed by atoms with Gasteiger partial charge < -0.3 is 4.90 Å². The fraction of sp³-hybridized carbons (Fsp3) is 0.364. The second kappa shape index (κ2) is 9.93. The zero-order chi connectivity index (χ0) is 31.3. The predicted octanol–water partition coefficient (Wildman–Crippen LogP) is 5.70. The van der Waals surface area contributed by atoms with Crippen molar-refractivity contribution in [1.82, 2.24) is 4.90 Å². The molecule has 2 saturated carbocycles. The van der Waals surface area contributed by atoms with E-state index in [4.69, 9.17) is 11.6 Å². The van der Waals surface area contributed by atoms with E-state index in [-0.39, 0.29) is 47.3 Å². The zero-order valence-electron chi connectivity index (χ0n) is 24.4. The van der Waals surface area contributed by atoms with Gasteiger partial charge >= 0.3 is 0 Å². The van der Waals surface area contributed by atoms with E-state index in [1.54, 1.807) is 34.2 Å². The lowest BCUT2D eigenvalue weighted by molar-refractivity contribution is -0.384. The number of nitro benzene ring substituents is 1. The summed E-state index contributed by atoms with van der Waals surface area (Å²) >= 11 is 6.67. The van der Waals surface area contributed by atoms with E-state index in [9.17, 15) is 24.5 Å². The van der Waals surface area contributed by atoms with Crippen LogP contribution in [0.5, 0.6) is 0 Å². The van der Waals surface area contributed by atoms with Crippen molar-refractivity contribution in [2.24, 2.45) is 34.0 Å². The van der Waals surface area contributed by atoms with Crippen molar-refractivity contribution in [3.05, 3.63) is 99.1 Å². The minimum atomic E-state index is -1.01. The zero-order valence-corrected chi connectivity index (χ0v) is 25.2. The molecule has 5 aliphatic rings. The molecule has 8 rings (SSSR count). The van der Waals surface area contributed by atoms with Crippen LogP contribution in [0.25, 0.3) is 0 Å². The number of amides is 3. The van der Waals surface area contributed by atoms with Gasteiger partial charge in [-0.3, -0.25) is 29.4 Å². The summed E-state index contributed by atoms with van der Waals surface area (Å²) in [5.41, 5.74) is 3.10. The number of anilines is 2. The van der Waals surface area contributed by atoms with Crippen molar-refractivity contribution in [3.8, 4) is 0 Å². The SMILES string of the molecule is CC(C)c1ccc(N2C(=O)C(N3C(=O)C4C5CC(C4C3=O)C3C5N=NN3c3ccc([N+](=O)[O-])cc3)C2c2ccccc2Cl)cc1. The molecule has 12 heteroatoms. The Morgan fingerprint density at radius 2 is 1.47 bits per heavy atom. The lowest BCUT2D eigenvalue weighted by Crippen LogP contribution is -2.67. The Labute approximate surface area is 263 Å². The quantitative estimate of drug-likeness (QED) is 0.150. The third-order valence-corrected chi connectivity index (χ3v) is 10.8. The minimum Gasteiger partial charge on any atom is -0.300 e. The molecule has 45 heavy (non-hydrogen) atoms. The predicted molar refractivity (Wildman–Crippen MR) is 164 cm³/mol. The minimum absolute atomic E-state index is 0.0326. The van der Waals surface area contributed by atoms with Crippen LogP contribution < -0.4 is 9.91 Å². The summed E-state index contributed by atoms with van der Waals surface area (Å²) in [5, 5.41) is 22.3. The maximum Gasteiger partial charge on any atom is 0.269 e. The molecule has 2 bridgehead atoms. The standard InChI is InChI=1S/C33H29ClN6O5/c1-16(2)17-7-9-18(10-8-17)37-29(21-5-3-4-6-24(21)34)30(33(37)43)38-31(41)25-22-15-23(26(25)32(38)42)28-27(22)35-36-39(28)19-11-13-20(14-12-19)40(44)45/h3-14,16,22-23,25-30H,15H2,1-2H3. The number of fused-ring (bicyclic) bond motifs is 8. The second-order valence-electron chi connectivity index (χ2n) is 12.8. The van der Waals surface area contributed by atoms with Crippen LogP contribution in [-0.4, -0.2) is 45.7 Å². The molecule has 3 amide bonds. The van der Waals surface area contributed by atoms with Gasteiger partial charge in [0.1, 0.15) is 6.04 Å². The molecular formula is C33H29ClN6O5. The third-order valence-electron chi connectivity index (χ3n) is 10.4. The lowest BCUT2D eigenvalue weighted by Gasteiger charge is -2.50. The van der Waals surface area contributed by atoms with Gasteiger partial charge in [0.15, 0.2) is 0 Å². The van der Waals surface area contributed by atoms with E-state index in [1.165, 1.54) is 17.0 Å². The molecule has 2 aliphatic carbocycles. The molecule has 3 aliphatic heterocycles. The highest BCUT2D eigenvalue weighted by Crippen LogP contribution is 2.61. The van der Waals surface area contributed by atoms with Crippen molar-refractivity contribution in [1.29, 1.82) is 0 Å². The molecule has 8 atom stereocenters. The van der Waals surface area contributed by atoms with E-state index < -0.39 is 28.8 Å². The van der Waals surface area contributed by atoms with Gasteiger partial charge in [-0.2, -0.15) is 5.11 Å². The first-order valence-electron chi connectivity index (χ1n) is 15.2. The number of likely N-dealkylation sites (tertiary alicyclic amines) is 1. The van der Waals surface area contributed by atoms with Crippen LogP contribution in [0.3, 0.4) is 0 Å². The Morgan fingerprint density at radius 3 is 2.11 bits per heavy atom. The van der Waals surface area contributed by atoms with Gasteiger partial charge in [0, 0.05) is 22.8 Å². The number of nitro groups is 1. The highest BCUT2D eigenvalue weighted by Gasteiger charge is 2.72. The number of halogens is 1. The third kappa shape index (κ3) is 3.86. The van der Waals surface area contributed by atoms with Crippen molar-refractivity contribution < 1.29 is 19.3 Å². The Balaban J connectivity index is 1.12. The van der Waals surface area contributed by atoms with Crippen LogP contribution in [0, 0.1) is 33.8 Å². The maximum atomic E-state index is 14.3. The number of non-ortho nitro benzene ring substituents is 1. The molecule has 8 unspecified atom stereocenters. The second-order valence-corrected chi connectivity index (χ2v) is 13.2. The van der Waals surface area contributed by atoms with Gasteiger partial charge in [0.05, 0.1) is 40.6 Å². The average molecular weight is 625 g/mol. The molecule has 3 aromatic carbocycles. The Kier molecular flexibility index (Phi) is 6.15. The first-order valence-corrected chi connectivity index (χ1v) is 15.5. The van der Waals surface area contributed by atoms with Gasteiger partial charge in [0.2, 0.25) is 11.8 Å². The monoisotopic (exact) mass is 624 g/mol. The average Bonchev–Trinajstić information content (AvgIpc) is 3.78. The van der Waals surface area contributed by atoms with Crippen LogP contribution in [0.1, 0.15) is 43.4 Å². The number of hydrogen-bond acceptors (Lipinski definition) is 8. The molecule has 4 fully saturated rings. The van der Waals surface area contributed by atoms with Crippen molar-refractivity contribution in [2.45, 2.75) is 50.4 Å². The number of benzene rings is 3. The summed E-state index contributed by atoms with van der Waals surface area (Å²) in [6.07, 6.45) is 0.652. The maximum absolute atomic E-state index is 14.3. The molecule has 3 heterocycles. The molecule has 2 saturated heterocycles. The van der Waals surface area contributed by atoms with E-state index in [2.05, 4.69) is 24.2 Å². The normalized spacial score (nSPS) is 31.2. The number of β-lactam (4-membered cyclic amide) rings is 1. The first kappa shape index (κ1) is 27.9. The molecule has 0 aromatic heterocycles. The fourth-order valence-corrected chi connectivity index (χ4v) is 8.64. The van der Waals surface area contributed by atoms with Gasteiger partial charge in [-0.15, -0.1) is 0 Å². The molecule has 11 nitrogen and oxygen atoms in total. The topological polar surface area (TPSA) is 129 Å². The molecule has 0 N–H and O–H groups in total. The van der Waals surface area contributed by atoms with E-state index in [0.717, 1.165) is 5.56 Å². The van der Waals surface area contributed by atoms with Crippen LogP contribution in [0.15, 0.2) is 83.1 Å². The van der Waals surface area contributed by atoms with Gasteiger partial charge in [-0.25, -0.2) is 5.01 Å². The van der Waals surface area contributed by atoms with Crippen LogP contribution >= 0.6 is 11.6 Å².